The minimum Gasteiger partial charge on any atom is -0.348 e. The molecular weight excluding hydrogens is 338 g/mol. The normalized spacial score (nSPS) is 46.6. The van der Waals surface area contributed by atoms with Crippen molar-refractivity contribution in [1.29, 1.82) is 0 Å². The molecule has 0 aromatic carbocycles. The van der Waals surface area contributed by atoms with Crippen LogP contribution >= 0.6 is 0 Å². The van der Waals surface area contributed by atoms with Crippen LogP contribution < -0.4 is 0 Å². The SMILES string of the molecule is C1COC2(CC[C@H]3Cn4c(nnc4C45CC6CC(CC(C6)C4)C5)C[C@H]3C2)O1. The van der Waals surface area contributed by atoms with E-state index in [1.807, 2.05) is 0 Å². The van der Waals surface area contributed by atoms with E-state index in [0.29, 0.717) is 11.3 Å². The lowest BCUT2D eigenvalue weighted by Gasteiger charge is -2.56. The summed E-state index contributed by atoms with van der Waals surface area (Å²) in [5.74, 6) is 6.65. The maximum atomic E-state index is 6.02. The number of nitrogens with zero attached hydrogens (tertiary/aromatic N) is 3. The molecule has 2 atom stereocenters. The molecule has 1 spiro atoms. The lowest BCUT2D eigenvalue weighted by Crippen LogP contribution is -2.50. The Morgan fingerprint density at radius 1 is 0.852 bits per heavy atom. The van der Waals surface area contributed by atoms with Gasteiger partial charge in [0.25, 0.3) is 0 Å². The molecule has 5 saturated carbocycles. The van der Waals surface area contributed by atoms with E-state index in [2.05, 4.69) is 4.57 Å². The third-order valence-electron chi connectivity index (χ3n) is 9.15. The monoisotopic (exact) mass is 369 g/mol. The van der Waals surface area contributed by atoms with Gasteiger partial charge in [-0.2, -0.15) is 0 Å². The number of hydrogen-bond donors (Lipinski definition) is 0. The molecule has 0 radical (unpaired) electrons. The number of hydrogen-bond acceptors (Lipinski definition) is 4. The molecule has 2 aliphatic heterocycles. The van der Waals surface area contributed by atoms with E-state index in [9.17, 15) is 0 Å². The third kappa shape index (κ3) is 2.24. The van der Waals surface area contributed by atoms with Gasteiger partial charge >= 0.3 is 0 Å². The lowest BCUT2D eigenvalue weighted by molar-refractivity contribution is -0.197. The van der Waals surface area contributed by atoms with Crippen molar-refractivity contribution >= 4 is 0 Å². The van der Waals surface area contributed by atoms with Gasteiger partial charge in [-0.05, 0) is 74.5 Å². The van der Waals surface area contributed by atoms with Crippen molar-refractivity contribution in [3.8, 4) is 0 Å². The van der Waals surface area contributed by atoms with Gasteiger partial charge < -0.3 is 14.0 Å². The minimum atomic E-state index is -0.272. The quantitative estimate of drug-likeness (QED) is 0.761. The molecule has 146 valence electrons. The Balaban J connectivity index is 1.20. The van der Waals surface area contributed by atoms with Crippen LogP contribution in [0.1, 0.15) is 69.4 Å². The minimum absolute atomic E-state index is 0.272. The van der Waals surface area contributed by atoms with Crippen LogP contribution in [0.25, 0.3) is 0 Å². The number of ether oxygens (including phenoxy) is 2. The van der Waals surface area contributed by atoms with Crippen molar-refractivity contribution < 1.29 is 9.47 Å². The molecule has 1 saturated heterocycles. The number of fused-ring (bicyclic) bond motifs is 2. The van der Waals surface area contributed by atoms with Gasteiger partial charge in [-0.15, -0.1) is 10.2 Å². The molecule has 0 N–H and O–H groups in total. The molecule has 6 fully saturated rings. The summed E-state index contributed by atoms with van der Waals surface area (Å²) in [6.07, 6.45) is 13.0. The van der Waals surface area contributed by atoms with Gasteiger partial charge in [0.2, 0.25) is 0 Å². The van der Waals surface area contributed by atoms with Gasteiger partial charge in [-0.25, -0.2) is 0 Å². The van der Waals surface area contributed by atoms with E-state index >= 15 is 0 Å². The summed E-state index contributed by atoms with van der Waals surface area (Å²) < 4.78 is 14.6. The van der Waals surface area contributed by atoms with Crippen LogP contribution in [0.5, 0.6) is 0 Å². The molecule has 1 aromatic rings. The van der Waals surface area contributed by atoms with Crippen molar-refractivity contribution in [2.45, 2.75) is 82.0 Å². The summed E-state index contributed by atoms with van der Waals surface area (Å²) in [6.45, 7) is 2.67. The Morgan fingerprint density at radius 3 is 2.26 bits per heavy atom. The van der Waals surface area contributed by atoms with Crippen molar-refractivity contribution in [2.24, 2.45) is 29.6 Å². The Kier molecular flexibility index (Phi) is 3.16. The summed E-state index contributed by atoms with van der Waals surface area (Å²) in [5.41, 5.74) is 0.362. The molecule has 8 rings (SSSR count). The molecule has 4 bridgehead atoms. The molecular formula is C22H31N3O2. The number of aromatic nitrogens is 3. The maximum absolute atomic E-state index is 6.02. The first-order valence-electron chi connectivity index (χ1n) is 11.4. The summed E-state index contributed by atoms with van der Waals surface area (Å²) in [5, 5.41) is 9.64. The second-order valence-corrected chi connectivity index (χ2v) is 10.8. The van der Waals surface area contributed by atoms with E-state index < -0.39 is 0 Å². The van der Waals surface area contributed by atoms with E-state index in [-0.39, 0.29) is 5.79 Å². The predicted molar refractivity (Wildman–Crippen MR) is 99.0 cm³/mol. The zero-order chi connectivity index (χ0) is 17.6. The Morgan fingerprint density at radius 2 is 1.56 bits per heavy atom. The fourth-order valence-corrected chi connectivity index (χ4v) is 8.47. The largest absolute Gasteiger partial charge is 0.348 e. The van der Waals surface area contributed by atoms with Crippen molar-refractivity contribution in [2.75, 3.05) is 13.2 Å². The molecule has 5 nitrogen and oxygen atoms in total. The molecule has 5 heteroatoms. The highest BCUT2D eigenvalue weighted by atomic mass is 16.7. The second-order valence-electron chi connectivity index (χ2n) is 10.8. The summed E-state index contributed by atoms with van der Waals surface area (Å²) >= 11 is 0. The van der Waals surface area contributed by atoms with E-state index in [4.69, 9.17) is 19.7 Å². The first kappa shape index (κ1) is 15.9. The molecule has 5 aliphatic carbocycles. The van der Waals surface area contributed by atoms with Crippen LogP contribution in [0.4, 0.5) is 0 Å². The fourth-order valence-electron chi connectivity index (χ4n) is 8.47. The number of rotatable bonds is 1. The average Bonchev–Trinajstić information content (AvgIpc) is 3.26. The smallest absolute Gasteiger partial charge is 0.168 e. The molecule has 0 amide bonds. The predicted octanol–water partition coefficient (Wildman–Crippen LogP) is 3.46. The van der Waals surface area contributed by atoms with Crippen molar-refractivity contribution in [1.82, 2.24) is 14.8 Å². The Labute approximate surface area is 161 Å². The van der Waals surface area contributed by atoms with Crippen molar-refractivity contribution in [3.63, 3.8) is 0 Å². The second kappa shape index (κ2) is 5.35. The Bertz CT molecular complexity index is 730. The first-order valence-corrected chi connectivity index (χ1v) is 11.4. The van der Waals surface area contributed by atoms with Crippen LogP contribution in [-0.2, 0) is 27.9 Å². The van der Waals surface area contributed by atoms with Crippen LogP contribution in [0.2, 0.25) is 0 Å². The molecule has 0 unspecified atom stereocenters. The van der Waals surface area contributed by atoms with E-state index in [1.165, 1.54) is 56.6 Å². The highest BCUT2D eigenvalue weighted by Crippen LogP contribution is 2.60. The lowest BCUT2D eigenvalue weighted by atomic mass is 9.49. The highest BCUT2D eigenvalue weighted by molar-refractivity contribution is 5.20. The average molecular weight is 370 g/mol. The van der Waals surface area contributed by atoms with Gasteiger partial charge in [0.1, 0.15) is 11.6 Å². The van der Waals surface area contributed by atoms with E-state index in [0.717, 1.165) is 62.7 Å². The van der Waals surface area contributed by atoms with Gasteiger partial charge in [0, 0.05) is 31.2 Å². The fraction of sp³-hybridized carbons (Fsp3) is 0.909. The molecule has 27 heavy (non-hydrogen) atoms. The molecule has 1 aromatic heterocycles. The van der Waals surface area contributed by atoms with Crippen LogP contribution in [0.3, 0.4) is 0 Å². The summed E-state index contributed by atoms with van der Waals surface area (Å²) in [6, 6.07) is 0. The topological polar surface area (TPSA) is 49.2 Å². The third-order valence-corrected chi connectivity index (χ3v) is 9.15. The molecule has 3 heterocycles. The first-order chi connectivity index (χ1) is 13.2. The summed E-state index contributed by atoms with van der Waals surface area (Å²) in [4.78, 5) is 0. The van der Waals surface area contributed by atoms with Gasteiger partial charge in [0.05, 0.1) is 13.2 Å². The maximum Gasteiger partial charge on any atom is 0.168 e. The van der Waals surface area contributed by atoms with Crippen LogP contribution in [-0.4, -0.2) is 33.8 Å². The standard InChI is InChI=1S/C22H31N3O2/c1-2-22(26-3-4-27-22)12-18-8-19-23-24-20(25(19)13-17(1)18)21-9-14-5-15(10-21)7-16(6-14)11-21/h14-18H,1-13H2/t14?,15?,16?,17-,18-,21?/m0/s1. The molecule has 7 aliphatic rings. The zero-order valence-electron chi connectivity index (χ0n) is 16.2. The van der Waals surface area contributed by atoms with Crippen LogP contribution in [0, 0.1) is 29.6 Å². The summed E-state index contributed by atoms with van der Waals surface area (Å²) in [7, 11) is 0. The van der Waals surface area contributed by atoms with Gasteiger partial charge in [-0.1, -0.05) is 0 Å². The Hall–Kier alpha value is -0.940. The van der Waals surface area contributed by atoms with Crippen molar-refractivity contribution in [3.05, 3.63) is 11.6 Å². The highest BCUT2D eigenvalue weighted by Gasteiger charge is 2.55. The van der Waals surface area contributed by atoms with E-state index in [1.54, 1.807) is 0 Å². The zero-order valence-corrected chi connectivity index (χ0v) is 16.2. The van der Waals surface area contributed by atoms with Gasteiger partial charge in [0.15, 0.2) is 5.79 Å². The van der Waals surface area contributed by atoms with Crippen LogP contribution in [0.15, 0.2) is 0 Å². The van der Waals surface area contributed by atoms with Gasteiger partial charge in [-0.3, -0.25) is 0 Å².